The van der Waals surface area contributed by atoms with Gasteiger partial charge in [0.15, 0.2) is 0 Å². The van der Waals surface area contributed by atoms with Crippen molar-refractivity contribution >= 4 is 28.6 Å². The van der Waals surface area contributed by atoms with Crippen LogP contribution < -0.4 is 4.90 Å². The topological polar surface area (TPSA) is 107 Å². The average molecular weight is 370 g/mol. The third kappa shape index (κ3) is 4.40. The number of piperidine rings is 1. The molecule has 1 fully saturated rings. The van der Waals surface area contributed by atoms with Gasteiger partial charge in [0.2, 0.25) is 5.91 Å². The summed E-state index contributed by atoms with van der Waals surface area (Å²) in [6.07, 6.45) is 6.54. The highest BCUT2D eigenvalue weighted by atomic mass is 16.4. The second kappa shape index (κ2) is 7.71. The number of likely N-dealkylation sites (N-methyl/N-ethyl adjacent to an activating group) is 1. The summed E-state index contributed by atoms with van der Waals surface area (Å²) >= 11 is 0. The predicted molar refractivity (Wildman–Crippen MR) is 100 cm³/mol. The van der Waals surface area contributed by atoms with E-state index in [0.717, 1.165) is 41.8 Å². The van der Waals surface area contributed by atoms with E-state index in [1.54, 1.807) is 19.4 Å². The van der Waals surface area contributed by atoms with Crippen LogP contribution in [-0.2, 0) is 9.59 Å². The number of aliphatic hydroxyl groups is 1. The lowest BCUT2D eigenvalue weighted by Crippen LogP contribution is -2.54. The lowest BCUT2D eigenvalue weighted by atomic mass is 9.91. The summed E-state index contributed by atoms with van der Waals surface area (Å²) in [5, 5.41) is 19.7. The van der Waals surface area contributed by atoms with Crippen LogP contribution in [0.1, 0.15) is 12.8 Å². The SMILES string of the molecule is CN(C[C@]1(O)CCCN(c2ccnc3cccnc23)C1)C(=O)/C=C/C(=O)O. The van der Waals surface area contributed by atoms with Gasteiger partial charge in [-0.05, 0) is 31.0 Å². The van der Waals surface area contributed by atoms with E-state index in [1.165, 1.54) is 4.90 Å². The number of β-amino-alcohol motifs (C(OH)–C–C–N with tert-alkyl or cyclic N) is 1. The van der Waals surface area contributed by atoms with E-state index < -0.39 is 17.5 Å². The third-order valence-electron chi connectivity index (χ3n) is 4.65. The number of aliphatic carboxylic acids is 1. The van der Waals surface area contributed by atoms with Crippen molar-refractivity contribution in [3.63, 3.8) is 0 Å². The van der Waals surface area contributed by atoms with E-state index in [9.17, 15) is 14.7 Å². The number of carboxylic acids is 1. The van der Waals surface area contributed by atoms with E-state index in [4.69, 9.17) is 5.11 Å². The zero-order chi connectivity index (χ0) is 19.4. The molecule has 2 aromatic heterocycles. The fourth-order valence-corrected chi connectivity index (χ4v) is 3.46. The fourth-order valence-electron chi connectivity index (χ4n) is 3.46. The Morgan fingerprint density at radius 3 is 2.89 bits per heavy atom. The Morgan fingerprint density at radius 1 is 1.30 bits per heavy atom. The number of nitrogens with zero attached hydrogens (tertiary/aromatic N) is 4. The molecule has 1 saturated heterocycles. The monoisotopic (exact) mass is 370 g/mol. The van der Waals surface area contributed by atoms with Gasteiger partial charge in [0, 0.05) is 44.7 Å². The van der Waals surface area contributed by atoms with E-state index >= 15 is 0 Å². The van der Waals surface area contributed by atoms with Crippen molar-refractivity contribution in [1.82, 2.24) is 14.9 Å². The first-order valence-electron chi connectivity index (χ1n) is 8.71. The fraction of sp³-hybridized carbons (Fsp3) is 0.368. The molecule has 0 spiro atoms. The molecule has 1 amide bonds. The maximum Gasteiger partial charge on any atom is 0.328 e. The van der Waals surface area contributed by atoms with Crippen molar-refractivity contribution in [2.75, 3.05) is 31.6 Å². The lowest BCUT2D eigenvalue weighted by molar-refractivity contribution is -0.132. The summed E-state index contributed by atoms with van der Waals surface area (Å²) in [6, 6.07) is 5.60. The summed E-state index contributed by atoms with van der Waals surface area (Å²) in [5.41, 5.74) is 1.37. The number of hydrogen-bond donors (Lipinski definition) is 2. The molecule has 2 N–H and O–H groups in total. The molecule has 142 valence electrons. The van der Waals surface area contributed by atoms with Crippen LogP contribution in [0.4, 0.5) is 5.69 Å². The smallest absolute Gasteiger partial charge is 0.328 e. The van der Waals surface area contributed by atoms with Crippen molar-refractivity contribution in [3.8, 4) is 0 Å². The number of fused-ring (bicyclic) bond motifs is 1. The minimum atomic E-state index is -1.18. The maximum absolute atomic E-state index is 12.0. The predicted octanol–water partition coefficient (Wildman–Crippen LogP) is 1.06. The van der Waals surface area contributed by atoms with Crippen LogP contribution in [0, 0.1) is 0 Å². The van der Waals surface area contributed by atoms with Gasteiger partial charge in [0.1, 0.15) is 5.52 Å². The minimum absolute atomic E-state index is 0.114. The summed E-state index contributed by atoms with van der Waals surface area (Å²) < 4.78 is 0. The number of aromatic nitrogens is 2. The Hall–Kier alpha value is -3.00. The van der Waals surface area contributed by atoms with E-state index in [1.807, 2.05) is 18.2 Å². The molecule has 8 nitrogen and oxygen atoms in total. The Balaban J connectivity index is 1.76. The van der Waals surface area contributed by atoms with Crippen LogP contribution in [0.2, 0.25) is 0 Å². The van der Waals surface area contributed by atoms with Gasteiger partial charge >= 0.3 is 5.97 Å². The van der Waals surface area contributed by atoms with Gasteiger partial charge in [-0.3, -0.25) is 14.8 Å². The highest BCUT2D eigenvalue weighted by Crippen LogP contribution is 2.30. The van der Waals surface area contributed by atoms with Crippen LogP contribution >= 0.6 is 0 Å². The molecule has 1 aliphatic heterocycles. The van der Waals surface area contributed by atoms with Gasteiger partial charge < -0.3 is 20.0 Å². The Morgan fingerprint density at radius 2 is 2.11 bits per heavy atom. The number of anilines is 1. The van der Waals surface area contributed by atoms with Crippen LogP contribution in [0.3, 0.4) is 0 Å². The number of amides is 1. The molecule has 1 atom stereocenters. The van der Waals surface area contributed by atoms with Gasteiger partial charge in [0.25, 0.3) is 0 Å². The molecule has 0 saturated carbocycles. The molecule has 27 heavy (non-hydrogen) atoms. The number of pyridine rings is 2. The molecule has 3 heterocycles. The second-order valence-corrected chi connectivity index (χ2v) is 6.82. The molecule has 2 aromatic rings. The van der Waals surface area contributed by atoms with Crippen molar-refractivity contribution in [2.24, 2.45) is 0 Å². The molecule has 0 aromatic carbocycles. The molecule has 3 rings (SSSR count). The van der Waals surface area contributed by atoms with Gasteiger partial charge in [-0.2, -0.15) is 0 Å². The Bertz CT molecular complexity index is 880. The second-order valence-electron chi connectivity index (χ2n) is 6.82. The molecule has 0 bridgehead atoms. The Labute approximate surface area is 156 Å². The molecule has 0 unspecified atom stereocenters. The van der Waals surface area contributed by atoms with Crippen LogP contribution in [0.15, 0.2) is 42.7 Å². The zero-order valence-corrected chi connectivity index (χ0v) is 15.1. The number of rotatable bonds is 5. The quantitative estimate of drug-likeness (QED) is 0.758. The number of carbonyl (C=O) groups excluding carboxylic acids is 1. The first kappa shape index (κ1) is 18.8. The molecule has 8 heteroatoms. The van der Waals surface area contributed by atoms with Crippen LogP contribution in [0.25, 0.3) is 11.0 Å². The van der Waals surface area contributed by atoms with Gasteiger partial charge in [-0.1, -0.05) is 0 Å². The van der Waals surface area contributed by atoms with E-state index in [0.29, 0.717) is 13.0 Å². The normalized spacial score (nSPS) is 20.1. The average Bonchev–Trinajstić information content (AvgIpc) is 2.65. The number of hydrogen-bond acceptors (Lipinski definition) is 6. The molecule has 0 radical (unpaired) electrons. The molecular formula is C19H22N4O4. The van der Waals surface area contributed by atoms with E-state index in [-0.39, 0.29) is 6.54 Å². The van der Waals surface area contributed by atoms with Crippen molar-refractivity contribution in [3.05, 3.63) is 42.7 Å². The van der Waals surface area contributed by atoms with E-state index in [2.05, 4.69) is 14.9 Å². The first-order valence-corrected chi connectivity index (χ1v) is 8.71. The van der Waals surface area contributed by atoms with Gasteiger partial charge in [0.05, 0.1) is 23.3 Å². The largest absolute Gasteiger partial charge is 0.478 e. The first-order chi connectivity index (χ1) is 12.9. The molecular weight excluding hydrogens is 348 g/mol. The summed E-state index contributed by atoms with van der Waals surface area (Å²) in [7, 11) is 1.55. The highest BCUT2D eigenvalue weighted by Gasteiger charge is 2.35. The summed E-state index contributed by atoms with van der Waals surface area (Å²) in [6.45, 7) is 1.24. The van der Waals surface area contributed by atoms with Gasteiger partial charge in [-0.25, -0.2) is 4.79 Å². The maximum atomic E-state index is 12.0. The zero-order valence-electron chi connectivity index (χ0n) is 15.1. The highest BCUT2D eigenvalue weighted by molar-refractivity contribution is 5.93. The van der Waals surface area contributed by atoms with Crippen molar-refractivity contribution in [2.45, 2.75) is 18.4 Å². The Kier molecular flexibility index (Phi) is 5.36. The standard InChI is InChI=1S/C19H22N4O4/c1-22(16(24)5-6-17(25)26)12-19(27)8-3-11-23(13-19)15-7-10-20-14-4-2-9-21-18(14)15/h2,4-7,9-10,27H,3,8,11-13H2,1H3,(H,25,26)/b6-5+/t19-/m1/s1. The van der Waals surface area contributed by atoms with Crippen molar-refractivity contribution < 1.29 is 19.8 Å². The van der Waals surface area contributed by atoms with Crippen LogP contribution in [0.5, 0.6) is 0 Å². The van der Waals surface area contributed by atoms with Crippen molar-refractivity contribution in [1.29, 1.82) is 0 Å². The molecule has 0 aliphatic carbocycles. The lowest BCUT2D eigenvalue weighted by Gasteiger charge is -2.42. The third-order valence-corrected chi connectivity index (χ3v) is 4.65. The van der Waals surface area contributed by atoms with Crippen LogP contribution in [-0.4, -0.2) is 69.2 Å². The molecule has 1 aliphatic rings. The van der Waals surface area contributed by atoms with Gasteiger partial charge in [-0.15, -0.1) is 0 Å². The minimum Gasteiger partial charge on any atom is -0.478 e. The summed E-state index contributed by atoms with van der Waals surface area (Å²) in [4.78, 5) is 34.7. The summed E-state index contributed by atoms with van der Waals surface area (Å²) in [5.74, 6) is -1.64. The number of carbonyl (C=O) groups is 2. The number of carboxylic acid groups (broad SMARTS) is 1.